The van der Waals surface area contributed by atoms with Gasteiger partial charge in [-0.05, 0) is 58.1 Å². The summed E-state index contributed by atoms with van der Waals surface area (Å²) >= 11 is 0. The minimum absolute atomic E-state index is 0.0937. The number of aliphatic hydroxyl groups is 1. The van der Waals surface area contributed by atoms with Crippen LogP contribution >= 0.6 is 0 Å². The molecule has 1 aliphatic carbocycles. The molecule has 1 saturated carbocycles. The highest BCUT2D eigenvalue weighted by molar-refractivity contribution is 6.06. The highest BCUT2D eigenvalue weighted by atomic mass is 16.3. The largest absolute Gasteiger partial charge is 0.393 e. The lowest BCUT2D eigenvalue weighted by Gasteiger charge is -2.26. The van der Waals surface area contributed by atoms with Gasteiger partial charge in [-0.1, -0.05) is 24.3 Å². The minimum atomic E-state index is -0.243. The molecule has 0 aliphatic heterocycles. The molecule has 2 heterocycles. The number of fused-ring (bicyclic) bond motifs is 1. The second-order valence-electron chi connectivity index (χ2n) is 8.27. The fourth-order valence-corrected chi connectivity index (χ4v) is 4.07. The number of benzene rings is 1. The molecule has 0 unspecified atom stereocenters. The number of hydrogen-bond acceptors (Lipinski definition) is 4. The van der Waals surface area contributed by atoms with Crippen LogP contribution in [0.5, 0.6) is 0 Å². The first-order valence-electron chi connectivity index (χ1n) is 10.4. The summed E-state index contributed by atoms with van der Waals surface area (Å²) in [5.41, 5.74) is 4.24. The third-order valence-corrected chi connectivity index (χ3v) is 5.75. The summed E-state index contributed by atoms with van der Waals surface area (Å²) in [7, 11) is 0. The van der Waals surface area contributed by atoms with Crippen LogP contribution < -0.4 is 5.32 Å². The third kappa shape index (κ3) is 3.90. The van der Waals surface area contributed by atoms with Crippen molar-refractivity contribution in [1.82, 2.24) is 20.1 Å². The number of pyridine rings is 1. The fourth-order valence-electron chi connectivity index (χ4n) is 4.07. The molecule has 0 saturated heterocycles. The van der Waals surface area contributed by atoms with Crippen LogP contribution in [0.1, 0.15) is 61.5 Å². The Hall–Kier alpha value is -2.73. The van der Waals surface area contributed by atoms with Gasteiger partial charge < -0.3 is 10.4 Å². The van der Waals surface area contributed by atoms with Gasteiger partial charge in [0.25, 0.3) is 5.91 Å². The number of nitrogens with one attached hydrogen (secondary N) is 1. The molecular formula is C23H28N4O2. The van der Waals surface area contributed by atoms with E-state index in [1.807, 2.05) is 41.9 Å². The molecule has 4 rings (SSSR count). The van der Waals surface area contributed by atoms with Crippen LogP contribution in [0.4, 0.5) is 0 Å². The van der Waals surface area contributed by atoms with Crippen molar-refractivity contribution in [2.75, 3.05) is 0 Å². The van der Waals surface area contributed by atoms with Crippen LogP contribution in [0.2, 0.25) is 0 Å². The first kappa shape index (κ1) is 19.6. The smallest absolute Gasteiger partial charge is 0.252 e. The molecule has 1 amide bonds. The van der Waals surface area contributed by atoms with Gasteiger partial charge in [0.1, 0.15) is 0 Å². The summed E-state index contributed by atoms with van der Waals surface area (Å²) in [6.45, 7) is 6.16. The highest BCUT2D eigenvalue weighted by Crippen LogP contribution is 2.28. The van der Waals surface area contributed by atoms with E-state index < -0.39 is 0 Å². The van der Waals surface area contributed by atoms with Gasteiger partial charge in [0.15, 0.2) is 5.65 Å². The molecule has 1 aliphatic rings. The Balaban J connectivity index is 1.77. The van der Waals surface area contributed by atoms with Crippen LogP contribution in [0, 0.1) is 6.92 Å². The lowest BCUT2D eigenvalue weighted by Crippen LogP contribution is -2.38. The molecular weight excluding hydrogens is 364 g/mol. The Kier molecular flexibility index (Phi) is 5.37. The predicted molar refractivity (Wildman–Crippen MR) is 114 cm³/mol. The lowest BCUT2D eigenvalue weighted by atomic mass is 9.93. The minimum Gasteiger partial charge on any atom is -0.393 e. The third-order valence-electron chi connectivity index (χ3n) is 5.75. The van der Waals surface area contributed by atoms with Crippen LogP contribution in [0.3, 0.4) is 0 Å². The SMILES string of the molecule is Cc1ccccc1-c1cc(C(=O)NC2CCC(O)CC2)c2cnn(C(C)C)c2n1. The summed E-state index contributed by atoms with van der Waals surface area (Å²) in [6, 6.07) is 10.2. The maximum atomic E-state index is 13.2. The molecule has 152 valence electrons. The van der Waals surface area contributed by atoms with Crippen molar-refractivity contribution in [3.05, 3.63) is 47.7 Å². The maximum absolute atomic E-state index is 13.2. The standard InChI is InChI=1S/C23H28N4O2/c1-14(2)27-22-20(13-24-27)19(23(29)25-16-8-10-17(28)11-9-16)12-21(26-22)18-7-5-4-6-15(18)3/h4-7,12-14,16-17,28H,8-11H2,1-3H3,(H,25,29). The first-order chi connectivity index (χ1) is 13.9. The predicted octanol–water partition coefficient (Wildman–Crippen LogP) is 4.02. The molecule has 0 radical (unpaired) electrons. The molecule has 0 atom stereocenters. The zero-order chi connectivity index (χ0) is 20.5. The van der Waals surface area contributed by atoms with Crippen molar-refractivity contribution in [1.29, 1.82) is 0 Å². The Morgan fingerprint density at radius 1 is 1.21 bits per heavy atom. The molecule has 0 spiro atoms. The number of carbonyl (C=O) groups is 1. The Morgan fingerprint density at radius 3 is 2.62 bits per heavy atom. The molecule has 2 N–H and O–H groups in total. The molecule has 6 heteroatoms. The van der Waals surface area contributed by atoms with E-state index >= 15 is 0 Å². The number of rotatable bonds is 4. The lowest BCUT2D eigenvalue weighted by molar-refractivity contribution is 0.0869. The topological polar surface area (TPSA) is 80.0 Å². The Bertz CT molecular complexity index is 1030. The van der Waals surface area contributed by atoms with Crippen LogP contribution in [0.25, 0.3) is 22.3 Å². The van der Waals surface area contributed by atoms with E-state index in [-0.39, 0.29) is 24.1 Å². The fraction of sp³-hybridized carbons (Fsp3) is 0.435. The van der Waals surface area contributed by atoms with Gasteiger partial charge in [-0.15, -0.1) is 0 Å². The van der Waals surface area contributed by atoms with E-state index in [4.69, 9.17) is 4.98 Å². The number of aromatic nitrogens is 3. The van der Waals surface area contributed by atoms with Gasteiger partial charge in [0.05, 0.1) is 28.9 Å². The zero-order valence-corrected chi connectivity index (χ0v) is 17.2. The summed E-state index contributed by atoms with van der Waals surface area (Å²) in [6.07, 6.45) is 4.57. The number of hydrogen-bond donors (Lipinski definition) is 2. The monoisotopic (exact) mass is 392 g/mol. The van der Waals surface area contributed by atoms with E-state index in [1.54, 1.807) is 6.20 Å². The highest BCUT2D eigenvalue weighted by Gasteiger charge is 2.24. The zero-order valence-electron chi connectivity index (χ0n) is 17.2. The molecule has 1 fully saturated rings. The Labute approximate surface area is 171 Å². The van der Waals surface area contributed by atoms with Crippen molar-refractivity contribution in [3.8, 4) is 11.3 Å². The average Bonchev–Trinajstić information content (AvgIpc) is 3.13. The van der Waals surface area contributed by atoms with Crippen molar-refractivity contribution < 1.29 is 9.90 Å². The van der Waals surface area contributed by atoms with E-state index in [0.29, 0.717) is 5.56 Å². The van der Waals surface area contributed by atoms with Crippen LogP contribution in [-0.2, 0) is 0 Å². The normalized spacial score (nSPS) is 19.6. The van der Waals surface area contributed by atoms with Crippen LogP contribution in [0.15, 0.2) is 36.5 Å². The molecule has 2 aromatic heterocycles. The van der Waals surface area contributed by atoms with Crippen molar-refractivity contribution >= 4 is 16.9 Å². The number of amides is 1. The van der Waals surface area contributed by atoms with E-state index in [0.717, 1.165) is 53.5 Å². The average molecular weight is 393 g/mol. The second kappa shape index (κ2) is 7.95. The van der Waals surface area contributed by atoms with Gasteiger partial charge in [0.2, 0.25) is 0 Å². The summed E-state index contributed by atoms with van der Waals surface area (Å²) in [4.78, 5) is 18.1. The van der Waals surface area contributed by atoms with Crippen LogP contribution in [-0.4, -0.2) is 37.9 Å². The van der Waals surface area contributed by atoms with Crippen molar-refractivity contribution in [3.63, 3.8) is 0 Å². The quantitative estimate of drug-likeness (QED) is 0.703. The van der Waals surface area contributed by atoms with Gasteiger partial charge in [0, 0.05) is 17.6 Å². The summed E-state index contributed by atoms with van der Waals surface area (Å²) in [5, 5.41) is 18.2. The van der Waals surface area contributed by atoms with Gasteiger partial charge in [-0.25, -0.2) is 9.67 Å². The molecule has 29 heavy (non-hydrogen) atoms. The Morgan fingerprint density at radius 2 is 1.93 bits per heavy atom. The number of carbonyl (C=O) groups excluding carboxylic acids is 1. The van der Waals surface area contributed by atoms with Gasteiger partial charge in [-0.3, -0.25) is 4.79 Å². The number of aliphatic hydroxyl groups excluding tert-OH is 1. The van der Waals surface area contributed by atoms with Gasteiger partial charge >= 0.3 is 0 Å². The molecule has 0 bridgehead atoms. The van der Waals surface area contributed by atoms with E-state index in [2.05, 4.69) is 24.3 Å². The summed E-state index contributed by atoms with van der Waals surface area (Å²) in [5.74, 6) is -0.100. The molecule has 6 nitrogen and oxygen atoms in total. The van der Waals surface area contributed by atoms with E-state index in [9.17, 15) is 9.90 Å². The van der Waals surface area contributed by atoms with Gasteiger partial charge in [-0.2, -0.15) is 5.10 Å². The van der Waals surface area contributed by atoms with E-state index in [1.165, 1.54) is 0 Å². The number of nitrogens with zero attached hydrogens (tertiary/aromatic N) is 3. The van der Waals surface area contributed by atoms with Crippen molar-refractivity contribution in [2.45, 2.75) is 64.6 Å². The second-order valence-corrected chi connectivity index (χ2v) is 8.27. The molecule has 1 aromatic carbocycles. The summed E-state index contributed by atoms with van der Waals surface area (Å²) < 4.78 is 1.87. The molecule has 3 aromatic rings. The maximum Gasteiger partial charge on any atom is 0.252 e. The number of aryl methyl sites for hydroxylation is 1. The van der Waals surface area contributed by atoms with Crippen molar-refractivity contribution in [2.24, 2.45) is 0 Å². The first-order valence-corrected chi connectivity index (χ1v) is 10.4.